The fourth-order valence-electron chi connectivity index (χ4n) is 4.32. The first kappa shape index (κ1) is 24.1. The molecule has 0 bridgehead atoms. The van der Waals surface area contributed by atoms with E-state index >= 15 is 8.78 Å². The Balaban J connectivity index is 1.59. The van der Waals surface area contributed by atoms with E-state index in [1.165, 1.54) is 60.4 Å². The van der Waals surface area contributed by atoms with E-state index in [4.69, 9.17) is 9.47 Å². The van der Waals surface area contributed by atoms with Gasteiger partial charge in [0.1, 0.15) is 17.6 Å². The third-order valence-electron chi connectivity index (χ3n) is 5.98. The maximum atomic E-state index is 15.4. The summed E-state index contributed by atoms with van der Waals surface area (Å²) in [5.41, 5.74) is 0.718. The second kappa shape index (κ2) is 9.11. The number of benzene rings is 1. The fourth-order valence-corrected chi connectivity index (χ4v) is 4.32. The number of halogens is 3. The van der Waals surface area contributed by atoms with Gasteiger partial charge in [-0.05, 0) is 18.2 Å². The third-order valence-corrected chi connectivity index (χ3v) is 5.98. The molecule has 4 heterocycles. The first-order chi connectivity index (χ1) is 17.7. The van der Waals surface area contributed by atoms with Crippen molar-refractivity contribution >= 4 is 23.1 Å². The van der Waals surface area contributed by atoms with Gasteiger partial charge in [-0.2, -0.15) is 10.1 Å². The summed E-state index contributed by atoms with van der Waals surface area (Å²) in [6, 6.07) is 4.61. The number of para-hydroxylation sites is 1. The molecule has 3 aromatic heterocycles. The largest absolute Gasteiger partial charge is 0.480 e. The number of anilines is 2. The van der Waals surface area contributed by atoms with E-state index in [1.807, 2.05) is 0 Å². The first-order valence-electron chi connectivity index (χ1n) is 10.9. The Morgan fingerprint density at radius 1 is 1.22 bits per heavy atom. The molecule has 14 heteroatoms. The molecule has 1 unspecified atom stereocenters. The summed E-state index contributed by atoms with van der Waals surface area (Å²) in [4.78, 5) is 26.2. The number of fused-ring (bicyclic) bond motifs is 1. The predicted molar refractivity (Wildman–Crippen MR) is 125 cm³/mol. The molecule has 0 spiro atoms. The zero-order chi connectivity index (χ0) is 26.3. The van der Waals surface area contributed by atoms with Crippen molar-refractivity contribution < 1.29 is 32.5 Å². The predicted octanol–water partition coefficient (Wildman–Crippen LogP) is 3.35. The van der Waals surface area contributed by atoms with Gasteiger partial charge in [-0.1, -0.05) is 12.1 Å². The molecule has 0 aliphatic carbocycles. The lowest BCUT2D eigenvalue weighted by molar-refractivity contribution is 0.00733. The van der Waals surface area contributed by atoms with E-state index in [0.717, 1.165) is 12.1 Å². The number of rotatable bonds is 6. The highest BCUT2D eigenvalue weighted by Crippen LogP contribution is 2.39. The average molecular weight is 515 g/mol. The molecule has 4 aromatic rings. The number of amides is 1. The van der Waals surface area contributed by atoms with Crippen LogP contribution in [0.3, 0.4) is 0 Å². The summed E-state index contributed by atoms with van der Waals surface area (Å²) < 4.78 is 56.9. The fraction of sp³-hybridized carbons (Fsp3) is 0.261. The molecule has 5 rings (SSSR count). The smallest absolute Gasteiger partial charge is 0.412 e. The van der Waals surface area contributed by atoms with Gasteiger partial charge in [-0.15, -0.1) is 0 Å². The molecule has 1 atom stereocenters. The van der Waals surface area contributed by atoms with Crippen LogP contribution in [-0.2, 0) is 0 Å². The van der Waals surface area contributed by atoms with Crippen LogP contribution in [0.15, 0.2) is 48.9 Å². The second-order valence-corrected chi connectivity index (χ2v) is 8.15. The Bertz CT molecular complexity index is 1480. The third kappa shape index (κ3) is 4.19. The van der Waals surface area contributed by atoms with Gasteiger partial charge < -0.3 is 19.5 Å². The van der Waals surface area contributed by atoms with Crippen molar-refractivity contribution in [2.45, 2.75) is 12.0 Å². The van der Waals surface area contributed by atoms with E-state index in [2.05, 4.69) is 20.1 Å². The Kier molecular flexibility index (Phi) is 5.93. The van der Waals surface area contributed by atoms with Crippen LogP contribution in [-0.4, -0.2) is 75.0 Å². The van der Waals surface area contributed by atoms with Gasteiger partial charge in [0.05, 0.1) is 37.7 Å². The number of aromatic nitrogens is 5. The quantitative estimate of drug-likeness (QED) is 0.412. The monoisotopic (exact) mass is 515 g/mol. The Hall–Kier alpha value is -4.62. The van der Waals surface area contributed by atoms with E-state index in [1.54, 1.807) is 0 Å². The van der Waals surface area contributed by atoms with Crippen LogP contribution in [0.2, 0.25) is 0 Å². The number of methoxy groups -OCH3 is 2. The molecule has 192 valence electrons. The van der Waals surface area contributed by atoms with E-state index in [-0.39, 0.29) is 28.9 Å². The molecule has 1 aromatic carbocycles. The van der Waals surface area contributed by atoms with Gasteiger partial charge in [-0.3, -0.25) is 4.90 Å². The lowest BCUT2D eigenvalue weighted by Crippen LogP contribution is -2.50. The van der Waals surface area contributed by atoms with Gasteiger partial charge in [0.25, 0.3) is 5.92 Å². The number of nitrogens with zero attached hydrogens (tertiary/aromatic N) is 7. The van der Waals surface area contributed by atoms with Crippen LogP contribution in [0, 0.1) is 5.82 Å². The van der Waals surface area contributed by atoms with Crippen molar-refractivity contribution in [2.24, 2.45) is 0 Å². The summed E-state index contributed by atoms with van der Waals surface area (Å²) in [6.45, 7) is -1.27. The van der Waals surface area contributed by atoms with Crippen LogP contribution in [0.5, 0.6) is 11.9 Å². The van der Waals surface area contributed by atoms with E-state index < -0.39 is 42.7 Å². The van der Waals surface area contributed by atoms with Crippen molar-refractivity contribution in [3.8, 4) is 23.1 Å². The lowest BCUT2D eigenvalue weighted by atomic mass is 10.1. The van der Waals surface area contributed by atoms with E-state index in [9.17, 15) is 14.3 Å². The molecule has 1 saturated heterocycles. The molecular weight excluding hydrogens is 495 g/mol. The minimum absolute atomic E-state index is 0.0634. The second-order valence-electron chi connectivity index (χ2n) is 8.15. The van der Waals surface area contributed by atoms with Crippen molar-refractivity contribution in [3.63, 3.8) is 0 Å². The van der Waals surface area contributed by atoms with Crippen molar-refractivity contribution in [1.29, 1.82) is 0 Å². The molecule has 0 radical (unpaired) electrons. The maximum Gasteiger partial charge on any atom is 0.412 e. The molecule has 1 amide bonds. The Labute approximate surface area is 207 Å². The van der Waals surface area contributed by atoms with Gasteiger partial charge in [0.2, 0.25) is 5.88 Å². The average Bonchev–Trinajstić information content (AvgIpc) is 3.48. The number of carboxylic acid groups (broad SMARTS) is 1. The molecule has 0 saturated carbocycles. The Morgan fingerprint density at radius 3 is 2.70 bits per heavy atom. The number of imidazole rings is 1. The highest BCUT2D eigenvalue weighted by atomic mass is 19.3. The normalized spacial score (nSPS) is 16.7. The van der Waals surface area contributed by atoms with E-state index in [0.29, 0.717) is 10.5 Å². The lowest BCUT2D eigenvalue weighted by Gasteiger charge is -2.29. The number of alkyl halides is 2. The molecule has 1 fully saturated rings. The van der Waals surface area contributed by atoms with Crippen LogP contribution in [0.4, 0.5) is 29.3 Å². The van der Waals surface area contributed by atoms with Crippen LogP contribution in [0.25, 0.3) is 16.9 Å². The molecule has 1 aliphatic heterocycles. The molecule has 1 aliphatic rings. The highest BCUT2D eigenvalue weighted by Gasteiger charge is 2.53. The summed E-state index contributed by atoms with van der Waals surface area (Å²) in [5.74, 6) is -4.30. The van der Waals surface area contributed by atoms with Crippen molar-refractivity contribution in [2.75, 3.05) is 37.1 Å². The van der Waals surface area contributed by atoms with Gasteiger partial charge >= 0.3 is 12.1 Å². The zero-order valence-corrected chi connectivity index (χ0v) is 19.5. The maximum absolute atomic E-state index is 15.4. The molecular formula is C23H20F3N7O4. The number of carbonyl (C=O) groups is 1. The van der Waals surface area contributed by atoms with Gasteiger partial charge in [0.15, 0.2) is 5.65 Å². The number of ether oxygens (including phenoxy) is 2. The Morgan fingerprint density at radius 2 is 2.00 bits per heavy atom. The molecule has 1 N–H and O–H groups in total. The first-order valence-corrected chi connectivity index (χ1v) is 10.9. The summed E-state index contributed by atoms with van der Waals surface area (Å²) in [6.07, 6.45) is 2.71. The van der Waals surface area contributed by atoms with Crippen LogP contribution >= 0.6 is 0 Å². The SMILES string of the molecule is COc1ncc(-c2cc(N3CC(N(C(=O)O)c4ccccc4F)C(F)(F)C3)c3nccn3n2)c(OC)n1. The minimum atomic E-state index is -3.52. The standard InChI is InChI=1S/C23H20F3N7O4/c1-36-20-13(10-28-21(29-20)37-2)15-9-17(19-27-7-8-32(19)30-15)31-11-18(23(25,26)12-31)33(22(34)35)16-6-4-3-5-14(16)24/h3-10,18H,11-12H2,1-2H3,(H,34,35). The van der Waals surface area contributed by atoms with Gasteiger partial charge in [0, 0.05) is 25.1 Å². The minimum Gasteiger partial charge on any atom is -0.480 e. The zero-order valence-electron chi connectivity index (χ0n) is 19.5. The number of hydrogen-bond donors (Lipinski definition) is 1. The molecule has 37 heavy (non-hydrogen) atoms. The topological polar surface area (TPSA) is 118 Å². The molecule has 11 nitrogen and oxygen atoms in total. The van der Waals surface area contributed by atoms with Gasteiger partial charge in [-0.25, -0.2) is 32.4 Å². The number of hydrogen-bond acceptors (Lipinski definition) is 8. The summed E-state index contributed by atoms with van der Waals surface area (Å²) in [5, 5.41) is 14.2. The summed E-state index contributed by atoms with van der Waals surface area (Å²) in [7, 11) is 2.80. The van der Waals surface area contributed by atoms with Crippen molar-refractivity contribution in [3.05, 3.63) is 54.7 Å². The van der Waals surface area contributed by atoms with Crippen molar-refractivity contribution in [1.82, 2.24) is 24.6 Å². The van der Waals surface area contributed by atoms with Crippen LogP contribution < -0.4 is 19.3 Å². The van der Waals surface area contributed by atoms with Crippen LogP contribution in [0.1, 0.15) is 0 Å². The summed E-state index contributed by atoms with van der Waals surface area (Å²) >= 11 is 0. The highest BCUT2D eigenvalue weighted by molar-refractivity contribution is 5.88.